The maximum absolute atomic E-state index is 14.0. The van der Waals surface area contributed by atoms with Crippen molar-refractivity contribution in [1.82, 2.24) is 5.43 Å². The summed E-state index contributed by atoms with van der Waals surface area (Å²) in [6.45, 7) is 4.13. The Kier molecular flexibility index (Phi) is 3.27. The summed E-state index contributed by atoms with van der Waals surface area (Å²) >= 11 is 3.07. The van der Waals surface area contributed by atoms with Gasteiger partial charge < -0.3 is 0 Å². The number of halogens is 3. The molecule has 0 amide bonds. The van der Waals surface area contributed by atoms with Crippen molar-refractivity contribution >= 4 is 15.9 Å². The van der Waals surface area contributed by atoms with E-state index in [9.17, 15) is 8.78 Å². The first-order chi connectivity index (χ1) is 7.88. The van der Waals surface area contributed by atoms with E-state index in [0.29, 0.717) is 0 Å². The van der Waals surface area contributed by atoms with Gasteiger partial charge in [0, 0.05) is 5.56 Å². The Morgan fingerprint density at radius 1 is 1.47 bits per heavy atom. The third-order valence-electron chi connectivity index (χ3n) is 3.56. The summed E-state index contributed by atoms with van der Waals surface area (Å²) in [6.07, 6.45) is 0.910. The molecule has 5 heteroatoms. The van der Waals surface area contributed by atoms with Crippen LogP contribution in [-0.2, 0) is 0 Å². The van der Waals surface area contributed by atoms with Gasteiger partial charge in [0.1, 0.15) is 11.6 Å². The standard InChI is InChI=1S/C12H15BrF2N2/c1-12(2)5-6(12)11(17-16)9-8(14)4-3-7(13)10(9)15/h3-4,6,11,17H,5,16H2,1-2H3. The molecule has 2 atom stereocenters. The predicted molar refractivity (Wildman–Crippen MR) is 66.0 cm³/mol. The molecule has 0 aromatic heterocycles. The molecule has 1 aliphatic rings. The van der Waals surface area contributed by atoms with Gasteiger partial charge in [0.15, 0.2) is 0 Å². The fraction of sp³-hybridized carbons (Fsp3) is 0.500. The monoisotopic (exact) mass is 304 g/mol. The van der Waals surface area contributed by atoms with Crippen molar-refractivity contribution in [3.8, 4) is 0 Å². The van der Waals surface area contributed by atoms with Crippen LogP contribution >= 0.6 is 15.9 Å². The molecule has 17 heavy (non-hydrogen) atoms. The molecule has 3 N–H and O–H groups in total. The molecule has 94 valence electrons. The van der Waals surface area contributed by atoms with Crippen molar-refractivity contribution in [3.63, 3.8) is 0 Å². The second-order valence-electron chi connectivity index (χ2n) is 5.20. The molecule has 1 aliphatic carbocycles. The number of hydrogen-bond acceptors (Lipinski definition) is 2. The van der Waals surface area contributed by atoms with Crippen LogP contribution in [0.2, 0.25) is 0 Å². The first-order valence-corrected chi connectivity index (χ1v) is 6.27. The Morgan fingerprint density at radius 2 is 2.06 bits per heavy atom. The van der Waals surface area contributed by atoms with E-state index in [1.54, 1.807) is 0 Å². The zero-order chi connectivity index (χ0) is 12.8. The van der Waals surface area contributed by atoms with Crippen LogP contribution in [0.1, 0.15) is 31.9 Å². The highest BCUT2D eigenvalue weighted by Gasteiger charge is 2.51. The Balaban J connectivity index is 2.41. The van der Waals surface area contributed by atoms with Crippen LogP contribution in [0.5, 0.6) is 0 Å². The zero-order valence-corrected chi connectivity index (χ0v) is 11.3. The third-order valence-corrected chi connectivity index (χ3v) is 4.17. The lowest BCUT2D eigenvalue weighted by Gasteiger charge is -2.20. The Bertz CT molecular complexity index is 448. The number of benzene rings is 1. The lowest BCUT2D eigenvalue weighted by molar-refractivity contribution is 0.392. The molecule has 0 saturated heterocycles. The van der Waals surface area contributed by atoms with Crippen molar-refractivity contribution in [2.24, 2.45) is 17.2 Å². The van der Waals surface area contributed by atoms with Gasteiger partial charge in [-0.1, -0.05) is 13.8 Å². The molecule has 0 aliphatic heterocycles. The molecule has 0 heterocycles. The molecule has 0 radical (unpaired) electrons. The van der Waals surface area contributed by atoms with Crippen molar-refractivity contribution in [2.45, 2.75) is 26.3 Å². The molecule has 2 unspecified atom stereocenters. The summed E-state index contributed by atoms with van der Waals surface area (Å²) < 4.78 is 28.0. The second kappa shape index (κ2) is 4.30. The predicted octanol–water partition coefficient (Wildman–Crippen LogP) is 3.28. The summed E-state index contributed by atoms with van der Waals surface area (Å²) in [5.74, 6) is 4.48. The van der Waals surface area contributed by atoms with E-state index in [4.69, 9.17) is 5.84 Å². The minimum atomic E-state index is -0.573. The van der Waals surface area contributed by atoms with E-state index in [0.717, 1.165) is 6.42 Å². The second-order valence-corrected chi connectivity index (χ2v) is 6.05. The van der Waals surface area contributed by atoms with Crippen LogP contribution in [0.4, 0.5) is 8.78 Å². The Morgan fingerprint density at radius 3 is 2.53 bits per heavy atom. The van der Waals surface area contributed by atoms with Gasteiger partial charge in [0.2, 0.25) is 0 Å². The van der Waals surface area contributed by atoms with Gasteiger partial charge in [-0.3, -0.25) is 11.3 Å². The van der Waals surface area contributed by atoms with E-state index in [2.05, 4.69) is 35.2 Å². The smallest absolute Gasteiger partial charge is 0.145 e. The van der Waals surface area contributed by atoms with Crippen molar-refractivity contribution in [1.29, 1.82) is 0 Å². The van der Waals surface area contributed by atoms with E-state index >= 15 is 0 Å². The maximum atomic E-state index is 14.0. The SMILES string of the molecule is CC1(C)CC1C(NN)c1c(F)ccc(Br)c1F. The van der Waals surface area contributed by atoms with Crippen molar-refractivity contribution in [3.05, 3.63) is 33.8 Å². The highest BCUT2D eigenvalue weighted by molar-refractivity contribution is 9.10. The molecule has 1 fully saturated rings. The summed E-state index contributed by atoms with van der Waals surface area (Å²) in [6, 6.07) is 2.13. The molecule has 1 saturated carbocycles. The normalized spacial score (nSPS) is 23.5. The van der Waals surface area contributed by atoms with E-state index < -0.39 is 17.7 Å². The molecular weight excluding hydrogens is 290 g/mol. The molecule has 2 rings (SSSR count). The Labute approximate surface area is 108 Å². The molecule has 2 nitrogen and oxygen atoms in total. The van der Waals surface area contributed by atoms with Gasteiger partial charge in [-0.2, -0.15) is 0 Å². The highest BCUT2D eigenvalue weighted by Crippen LogP contribution is 2.58. The van der Waals surface area contributed by atoms with Crippen LogP contribution in [0, 0.1) is 23.0 Å². The van der Waals surface area contributed by atoms with E-state index in [1.165, 1.54) is 12.1 Å². The van der Waals surface area contributed by atoms with Crippen LogP contribution in [-0.4, -0.2) is 0 Å². The first kappa shape index (κ1) is 12.9. The highest BCUT2D eigenvalue weighted by atomic mass is 79.9. The fourth-order valence-electron chi connectivity index (χ4n) is 2.31. The quantitative estimate of drug-likeness (QED) is 0.511. The number of hydrogen-bond donors (Lipinski definition) is 2. The maximum Gasteiger partial charge on any atom is 0.145 e. The van der Waals surface area contributed by atoms with Gasteiger partial charge in [0.05, 0.1) is 10.5 Å². The summed E-state index contributed by atoms with van der Waals surface area (Å²) in [4.78, 5) is 0. The number of nitrogens with two attached hydrogens (primary N) is 1. The minimum absolute atomic E-state index is 0.0254. The van der Waals surface area contributed by atoms with Crippen LogP contribution in [0.15, 0.2) is 16.6 Å². The summed E-state index contributed by atoms with van der Waals surface area (Å²) in [5.41, 5.74) is 2.65. The molecule has 0 spiro atoms. The van der Waals surface area contributed by atoms with Gasteiger partial charge in [0.25, 0.3) is 0 Å². The Hall–Kier alpha value is -0.520. The van der Waals surface area contributed by atoms with Crippen LogP contribution < -0.4 is 11.3 Å². The zero-order valence-electron chi connectivity index (χ0n) is 9.73. The third kappa shape index (κ3) is 2.23. The fourth-order valence-corrected chi connectivity index (χ4v) is 2.65. The van der Waals surface area contributed by atoms with Crippen LogP contribution in [0.3, 0.4) is 0 Å². The van der Waals surface area contributed by atoms with Crippen molar-refractivity contribution < 1.29 is 8.78 Å². The molecule has 0 bridgehead atoms. The van der Waals surface area contributed by atoms with Crippen LogP contribution in [0.25, 0.3) is 0 Å². The van der Waals surface area contributed by atoms with E-state index in [1.807, 2.05) is 0 Å². The number of rotatable bonds is 3. The number of hydrazine groups is 1. The average Bonchev–Trinajstić information content (AvgIpc) is 2.88. The average molecular weight is 305 g/mol. The minimum Gasteiger partial charge on any atom is -0.271 e. The van der Waals surface area contributed by atoms with E-state index in [-0.39, 0.29) is 21.4 Å². The van der Waals surface area contributed by atoms with Crippen molar-refractivity contribution in [2.75, 3.05) is 0 Å². The van der Waals surface area contributed by atoms with Gasteiger partial charge in [-0.05, 0) is 45.8 Å². The van der Waals surface area contributed by atoms with Gasteiger partial charge in [-0.15, -0.1) is 0 Å². The van der Waals surface area contributed by atoms with Gasteiger partial charge >= 0.3 is 0 Å². The summed E-state index contributed by atoms with van der Waals surface area (Å²) in [7, 11) is 0. The number of nitrogens with one attached hydrogen (secondary N) is 1. The summed E-state index contributed by atoms with van der Waals surface area (Å²) in [5, 5.41) is 0. The molecule has 1 aromatic carbocycles. The lowest BCUT2D eigenvalue weighted by Crippen LogP contribution is -2.32. The largest absolute Gasteiger partial charge is 0.271 e. The lowest BCUT2D eigenvalue weighted by atomic mass is 9.96. The van der Waals surface area contributed by atoms with Gasteiger partial charge in [-0.25, -0.2) is 8.78 Å². The molecular formula is C12H15BrF2N2. The first-order valence-electron chi connectivity index (χ1n) is 5.48. The topological polar surface area (TPSA) is 38.0 Å². The molecule has 1 aromatic rings.